The number of benzene rings is 1. The summed E-state index contributed by atoms with van der Waals surface area (Å²) < 4.78 is 24.0. The molecule has 100 valence electrons. The molecule has 0 aliphatic heterocycles. The predicted octanol–water partition coefficient (Wildman–Crippen LogP) is 1.62. The Balaban J connectivity index is 3.14. The van der Waals surface area contributed by atoms with Crippen molar-refractivity contribution in [1.29, 1.82) is 0 Å². The number of sulfone groups is 1. The van der Waals surface area contributed by atoms with Gasteiger partial charge in [-0.2, -0.15) is 0 Å². The molecule has 1 atom stereocenters. The molecule has 0 saturated carbocycles. The third-order valence-electron chi connectivity index (χ3n) is 2.56. The lowest BCUT2D eigenvalue weighted by Gasteiger charge is -2.11. The molecule has 0 spiro atoms. The van der Waals surface area contributed by atoms with Crippen LogP contribution in [-0.4, -0.2) is 25.1 Å². The number of nitro benzene ring substituents is 1. The van der Waals surface area contributed by atoms with Crippen molar-refractivity contribution in [2.45, 2.75) is 17.9 Å². The Labute approximate surface area is 113 Å². The fourth-order valence-electron chi connectivity index (χ4n) is 1.32. The number of hydrogen-bond acceptors (Lipinski definition) is 5. The molecule has 2 N–H and O–H groups in total. The van der Waals surface area contributed by atoms with Gasteiger partial charge in [0, 0.05) is 12.6 Å². The lowest BCUT2D eigenvalue weighted by molar-refractivity contribution is -0.385. The zero-order chi connectivity index (χ0) is 13.9. The van der Waals surface area contributed by atoms with Crippen LogP contribution in [0.15, 0.2) is 22.7 Å². The lowest BCUT2D eigenvalue weighted by atomic mass is 10.2. The SMILES string of the molecule is CC(CN)S(=O)(=O)Cc1cccc([N+](=O)[O-])c1Br. The predicted molar refractivity (Wildman–Crippen MR) is 71.9 cm³/mol. The summed E-state index contributed by atoms with van der Waals surface area (Å²) in [5.41, 5.74) is 5.54. The van der Waals surface area contributed by atoms with E-state index in [1.807, 2.05) is 0 Å². The molecule has 0 bridgehead atoms. The zero-order valence-electron chi connectivity index (χ0n) is 9.67. The van der Waals surface area contributed by atoms with Crippen LogP contribution in [0.2, 0.25) is 0 Å². The Morgan fingerprint density at radius 1 is 1.50 bits per heavy atom. The van der Waals surface area contributed by atoms with Gasteiger partial charge < -0.3 is 5.73 Å². The monoisotopic (exact) mass is 336 g/mol. The van der Waals surface area contributed by atoms with Crippen LogP contribution < -0.4 is 5.73 Å². The van der Waals surface area contributed by atoms with Crippen LogP contribution in [0.5, 0.6) is 0 Å². The van der Waals surface area contributed by atoms with Gasteiger partial charge in [-0.3, -0.25) is 10.1 Å². The second-order valence-corrected chi connectivity index (χ2v) is 7.07. The third-order valence-corrected chi connectivity index (χ3v) is 5.60. The summed E-state index contributed by atoms with van der Waals surface area (Å²) in [5.74, 6) is -0.270. The minimum absolute atomic E-state index is 0.0227. The van der Waals surface area contributed by atoms with E-state index in [9.17, 15) is 18.5 Å². The molecule has 18 heavy (non-hydrogen) atoms. The maximum Gasteiger partial charge on any atom is 0.283 e. The molecule has 0 saturated heterocycles. The number of rotatable bonds is 5. The minimum atomic E-state index is -3.41. The van der Waals surface area contributed by atoms with Crippen LogP contribution in [0.3, 0.4) is 0 Å². The number of halogens is 1. The first kappa shape index (κ1) is 15.1. The topological polar surface area (TPSA) is 103 Å². The molecule has 8 heteroatoms. The van der Waals surface area contributed by atoms with Gasteiger partial charge in [0.15, 0.2) is 9.84 Å². The van der Waals surface area contributed by atoms with Crippen LogP contribution in [-0.2, 0) is 15.6 Å². The van der Waals surface area contributed by atoms with E-state index in [0.29, 0.717) is 5.56 Å². The van der Waals surface area contributed by atoms with E-state index in [4.69, 9.17) is 5.73 Å². The molecule has 1 aromatic rings. The van der Waals surface area contributed by atoms with Crippen molar-refractivity contribution in [1.82, 2.24) is 0 Å². The highest BCUT2D eigenvalue weighted by Crippen LogP contribution is 2.29. The highest BCUT2D eigenvalue weighted by Gasteiger charge is 2.23. The average molecular weight is 337 g/mol. The van der Waals surface area contributed by atoms with Gasteiger partial charge in [0.2, 0.25) is 0 Å². The summed E-state index contributed by atoms with van der Waals surface area (Å²) in [5, 5.41) is 10.1. The van der Waals surface area contributed by atoms with Crippen molar-refractivity contribution in [2.24, 2.45) is 5.73 Å². The van der Waals surface area contributed by atoms with Crippen molar-refractivity contribution in [3.8, 4) is 0 Å². The highest BCUT2D eigenvalue weighted by molar-refractivity contribution is 9.10. The van der Waals surface area contributed by atoms with Gasteiger partial charge in [0.1, 0.15) is 0 Å². The van der Waals surface area contributed by atoms with E-state index in [0.717, 1.165) is 0 Å². The molecule has 1 aromatic carbocycles. The summed E-state index contributed by atoms with van der Waals surface area (Å²) in [7, 11) is -3.41. The molecule has 0 radical (unpaired) electrons. The van der Waals surface area contributed by atoms with Gasteiger partial charge in [0.05, 0.1) is 20.4 Å². The number of nitrogens with two attached hydrogens (primary N) is 1. The Kier molecular flexibility index (Phi) is 4.83. The van der Waals surface area contributed by atoms with Crippen LogP contribution >= 0.6 is 15.9 Å². The maximum absolute atomic E-state index is 11.9. The summed E-state index contributed by atoms with van der Waals surface area (Å²) in [6, 6.07) is 4.31. The van der Waals surface area contributed by atoms with Crippen LogP contribution in [0.25, 0.3) is 0 Å². The van der Waals surface area contributed by atoms with Crippen molar-refractivity contribution >= 4 is 31.5 Å². The Hall–Kier alpha value is -0.990. The highest BCUT2D eigenvalue weighted by atomic mass is 79.9. The fraction of sp³-hybridized carbons (Fsp3) is 0.400. The van der Waals surface area contributed by atoms with Gasteiger partial charge in [0.25, 0.3) is 5.69 Å². The smallest absolute Gasteiger partial charge is 0.283 e. The molecule has 1 unspecified atom stereocenters. The van der Waals surface area contributed by atoms with E-state index in [2.05, 4.69) is 15.9 Å². The molecule has 0 aliphatic rings. The van der Waals surface area contributed by atoms with E-state index in [1.54, 1.807) is 0 Å². The first-order chi connectivity index (χ1) is 8.29. The molecule has 0 amide bonds. The Morgan fingerprint density at radius 2 is 2.11 bits per heavy atom. The van der Waals surface area contributed by atoms with Gasteiger partial charge in [-0.25, -0.2) is 8.42 Å². The van der Waals surface area contributed by atoms with E-state index in [-0.39, 0.29) is 22.5 Å². The molecular weight excluding hydrogens is 324 g/mol. The molecule has 0 aliphatic carbocycles. The summed E-state index contributed by atoms with van der Waals surface area (Å²) in [4.78, 5) is 10.2. The second kappa shape index (κ2) is 5.77. The van der Waals surface area contributed by atoms with E-state index in [1.165, 1.54) is 25.1 Å². The standard InChI is InChI=1S/C10H13BrN2O4S/c1-7(5-12)18(16,17)6-8-3-2-4-9(10(8)11)13(14)15/h2-4,7H,5-6,12H2,1H3. The maximum atomic E-state index is 11.9. The van der Waals surface area contributed by atoms with Gasteiger partial charge in [-0.1, -0.05) is 12.1 Å². The lowest BCUT2D eigenvalue weighted by Crippen LogP contribution is -2.27. The number of hydrogen-bond donors (Lipinski definition) is 1. The Bertz CT molecular complexity index is 559. The minimum Gasteiger partial charge on any atom is -0.329 e. The molecule has 0 fully saturated rings. The quantitative estimate of drug-likeness (QED) is 0.649. The molecule has 0 aromatic heterocycles. The summed E-state index contributed by atoms with van der Waals surface area (Å²) >= 11 is 3.07. The third kappa shape index (κ3) is 3.27. The van der Waals surface area contributed by atoms with Crippen LogP contribution in [0.1, 0.15) is 12.5 Å². The fourth-order valence-corrected chi connectivity index (χ4v) is 3.31. The molecular formula is C10H13BrN2O4S. The first-order valence-corrected chi connectivity index (χ1v) is 7.64. The normalized spacial score (nSPS) is 13.3. The van der Waals surface area contributed by atoms with Gasteiger partial charge >= 0.3 is 0 Å². The average Bonchev–Trinajstić information content (AvgIpc) is 2.30. The van der Waals surface area contributed by atoms with Crippen molar-refractivity contribution in [3.63, 3.8) is 0 Å². The molecule has 0 heterocycles. The van der Waals surface area contributed by atoms with Crippen LogP contribution in [0, 0.1) is 10.1 Å². The van der Waals surface area contributed by atoms with Crippen molar-refractivity contribution < 1.29 is 13.3 Å². The first-order valence-electron chi connectivity index (χ1n) is 5.13. The van der Waals surface area contributed by atoms with Gasteiger partial charge in [-0.15, -0.1) is 0 Å². The van der Waals surface area contributed by atoms with E-state index < -0.39 is 20.0 Å². The van der Waals surface area contributed by atoms with E-state index >= 15 is 0 Å². The zero-order valence-corrected chi connectivity index (χ0v) is 12.1. The van der Waals surface area contributed by atoms with Crippen molar-refractivity contribution in [2.75, 3.05) is 6.54 Å². The second-order valence-electron chi connectivity index (χ2n) is 3.86. The summed E-state index contributed by atoms with van der Waals surface area (Å²) in [6.45, 7) is 1.54. The Morgan fingerprint density at radius 3 is 2.61 bits per heavy atom. The van der Waals surface area contributed by atoms with Crippen molar-refractivity contribution in [3.05, 3.63) is 38.3 Å². The molecule has 1 rings (SSSR count). The summed E-state index contributed by atoms with van der Waals surface area (Å²) in [6.07, 6.45) is 0. The van der Waals surface area contributed by atoms with Gasteiger partial charge in [-0.05, 0) is 28.4 Å². The number of nitrogens with zero attached hydrogens (tertiary/aromatic N) is 1. The largest absolute Gasteiger partial charge is 0.329 e. The molecule has 6 nitrogen and oxygen atoms in total. The number of nitro groups is 1. The van der Waals surface area contributed by atoms with Crippen LogP contribution in [0.4, 0.5) is 5.69 Å².